The maximum atomic E-state index is 13.9. The standard InChI is InChI=1S/C42H48N2O11/c1-25(2)42(51)55-39-26(3)36(48)38(50)31(22-33(45)37(49)30(39)21-28-15-9-6-10-16-28)44-32-23-43-27(4)40(41(32)52-5)54-35(47)20-14-8-13-19-34(46)53-24-29-17-11-7-12-18-29/h6-7,9-12,15-18,23,25-26,30-31,39,44H,8,13-14,19-22,24H2,1-5H3/t26-,30+,31+,39-/m1/s1. The molecular formula is C42H48N2O11. The van der Waals surface area contributed by atoms with Crippen LogP contribution >= 0.6 is 0 Å². The third-order valence-corrected chi connectivity index (χ3v) is 9.31. The van der Waals surface area contributed by atoms with Crippen LogP contribution in [-0.4, -0.2) is 65.3 Å². The van der Waals surface area contributed by atoms with E-state index in [0.29, 0.717) is 24.8 Å². The minimum Gasteiger partial charge on any atom is -0.491 e. The highest BCUT2D eigenvalue weighted by Crippen LogP contribution is 2.38. The summed E-state index contributed by atoms with van der Waals surface area (Å²) in [4.78, 5) is 97.1. The summed E-state index contributed by atoms with van der Waals surface area (Å²) in [6.45, 7) is 6.37. The number of methoxy groups -OCH3 is 1. The van der Waals surface area contributed by atoms with Gasteiger partial charge in [-0.05, 0) is 37.3 Å². The molecule has 1 heterocycles. The van der Waals surface area contributed by atoms with Crippen molar-refractivity contribution in [1.29, 1.82) is 0 Å². The van der Waals surface area contributed by atoms with Crippen molar-refractivity contribution in [3.8, 4) is 11.5 Å². The predicted octanol–water partition coefficient (Wildman–Crippen LogP) is 5.52. The van der Waals surface area contributed by atoms with E-state index in [2.05, 4.69) is 10.3 Å². The lowest BCUT2D eigenvalue weighted by Crippen LogP contribution is -2.45. The number of esters is 3. The second-order valence-corrected chi connectivity index (χ2v) is 13.9. The molecule has 3 aromatic rings. The predicted molar refractivity (Wildman–Crippen MR) is 200 cm³/mol. The van der Waals surface area contributed by atoms with Gasteiger partial charge in [0.2, 0.25) is 23.1 Å². The van der Waals surface area contributed by atoms with Crippen molar-refractivity contribution in [2.24, 2.45) is 17.8 Å². The molecule has 0 amide bonds. The zero-order valence-corrected chi connectivity index (χ0v) is 31.8. The summed E-state index contributed by atoms with van der Waals surface area (Å²) in [6, 6.07) is 16.6. The first-order chi connectivity index (χ1) is 26.3. The molecule has 2 aromatic carbocycles. The van der Waals surface area contributed by atoms with Gasteiger partial charge >= 0.3 is 17.9 Å². The SMILES string of the molecule is COc1c(N[C@H]2CC(=O)C(=O)[C@H](Cc3ccccc3)[C@H](OC(=O)C(C)C)[C@H](C)C(=O)C2=O)cnc(C)c1OC(=O)CCCCCC(=O)OCc1ccccc1. The highest BCUT2D eigenvalue weighted by atomic mass is 16.6. The van der Waals surface area contributed by atoms with Gasteiger partial charge < -0.3 is 24.3 Å². The molecule has 4 atom stereocenters. The van der Waals surface area contributed by atoms with Gasteiger partial charge in [0.1, 0.15) is 18.8 Å². The van der Waals surface area contributed by atoms with Gasteiger partial charge in [-0.1, -0.05) is 87.9 Å². The minimum atomic E-state index is -1.52. The summed E-state index contributed by atoms with van der Waals surface area (Å²) in [6.07, 6.45) is 0.989. The van der Waals surface area contributed by atoms with E-state index in [9.17, 15) is 33.6 Å². The Hall–Kier alpha value is -5.72. The molecule has 0 unspecified atom stereocenters. The Morgan fingerprint density at radius 3 is 2.05 bits per heavy atom. The number of aromatic nitrogens is 1. The fraction of sp³-hybridized carbons (Fsp3) is 0.429. The average molecular weight is 757 g/mol. The van der Waals surface area contributed by atoms with Gasteiger partial charge in [-0.2, -0.15) is 0 Å². The normalized spacial score (nSPS) is 18.9. The van der Waals surface area contributed by atoms with Crippen LogP contribution in [0.4, 0.5) is 5.69 Å². The lowest BCUT2D eigenvalue weighted by molar-refractivity contribution is -0.163. The van der Waals surface area contributed by atoms with Gasteiger partial charge in [-0.3, -0.25) is 38.5 Å². The second kappa shape index (κ2) is 20.1. The van der Waals surface area contributed by atoms with Crippen LogP contribution in [0, 0.1) is 24.7 Å². The van der Waals surface area contributed by atoms with Crippen molar-refractivity contribution in [3.05, 3.63) is 83.7 Å². The quantitative estimate of drug-likeness (QED) is 0.110. The maximum Gasteiger partial charge on any atom is 0.311 e. The number of rotatable bonds is 16. The Kier molecular flexibility index (Phi) is 15.4. The Labute approximate surface area is 320 Å². The molecular weight excluding hydrogens is 708 g/mol. The number of nitrogens with zero attached hydrogens (tertiary/aromatic N) is 1. The van der Waals surface area contributed by atoms with Crippen LogP contribution in [0.15, 0.2) is 66.9 Å². The molecule has 4 rings (SSSR count). The maximum absolute atomic E-state index is 13.9. The fourth-order valence-corrected chi connectivity index (χ4v) is 6.15. The third kappa shape index (κ3) is 11.6. The monoisotopic (exact) mass is 756 g/mol. The Morgan fingerprint density at radius 1 is 0.818 bits per heavy atom. The Bertz CT molecular complexity index is 1860. The van der Waals surface area contributed by atoms with Gasteiger partial charge in [-0.25, -0.2) is 0 Å². The summed E-state index contributed by atoms with van der Waals surface area (Å²) in [5.74, 6) is -8.51. The number of aryl methyl sites for hydroxylation is 1. The van der Waals surface area contributed by atoms with Crippen molar-refractivity contribution >= 4 is 46.7 Å². The first kappa shape index (κ1) is 42.0. The minimum absolute atomic E-state index is 0.00289. The summed E-state index contributed by atoms with van der Waals surface area (Å²) >= 11 is 0. The molecule has 0 radical (unpaired) electrons. The number of ether oxygens (including phenoxy) is 4. The van der Waals surface area contributed by atoms with Crippen LogP contribution in [0.25, 0.3) is 0 Å². The number of carbonyl (C=O) groups is 7. The smallest absolute Gasteiger partial charge is 0.311 e. The number of ketones is 4. The van der Waals surface area contributed by atoms with E-state index in [1.807, 2.05) is 30.3 Å². The molecule has 13 heteroatoms. The summed E-state index contributed by atoms with van der Waals surface area (Å²) in [7, 11) is 1.31. The molecule has 1 N–H and O–H groups in total. The molecule has 0 aliphatic heterocycles. The zero-order valence-electron chi connectivity index (χ0n) is 31.8. The van der Waals surface area contributed by atoms with Crippen LogP contribution in [0.2, 0.25) is 0 Å². The molecule has 55 heavy (non-hydrogen) atoms. The van der Waals surface area contributed by atoms with Crippen molar-refractivity contribution in [2.75, 3.05) is 12.4 Å². The van der Waals surface area contributed by atoms with Gasteiger partial charge in [-0.15, -0.1) is 0 Å². The van der Waals surface area contributed by atoms with Crippen LogP contribution in [0.3, 0.4) is 0 Å². The molecule has 1 aliphatic carbocycles. The highest BCUT2D eigenvalue weighted by Gasteiger charge is 2.46. The number of hydrogen-bond donors (Lipinski definition) is 1. The van der Waals surface area contributed by atoms with Gasteiger partial charge in [0, 0.05) is 19.3 Å². The lowest BCUT2D eigenvalue weighted by atomic mass is 9.81. The molecule has 1 fully saturated rings. The number of anilines is 1. The van der Waals surface area contributed by atoms with Crippen LogP contribution in [-0.2, 0) is 56.1 Å². The number of nitrogens with one attached hydrogen (secondary N) is 1. The van der Waals surface area contributed by atoms with Crippen LogP contribution in [0.5, 0.6) is 11.5 Å². The van der Waals surface area contributed by atoms with E-state index in [0.717, 1.165) is 5.56 Å². The van der Waals surface area contributed by atoms with Gasteiger partial charge in [0.15, 0.2) is 11.5 Å². The highest BCUT2D eigenvalue weighted by molar-refractivity contribution is 6.44. The zero-order chi connectivity index (χ0) is 40.1. The molecule has 292 valence electrons. The topological polar surface area (TPSA) is 181 Å². The number of Topliss-reactive ketones (excluding diaryl/α,β-unsaturated/α-hetero) is 4. The Balaban J connectivity index is 1.46. The van der Waals surface area contributed by atoms with Crippen molar-refractivity contribution in [2.45, 2.75) is 91.4 Å². The van der Waals surface area contributed by atoms with Crippen molar-refractivity contribution < 1.29 is 52.5 Å². The molecule has 1 aliphatic rings. The first-order valence-electron chi connectivity index (χ1n) is 18.4. The van der Waals surface area contributed by atoms with E-state index in [-0.39, 0.29) is 54.7 Å². The van der Waals surface area contributed by atoms with Crippen LogP contribution < -0.4 is 14.8 Å². The molecule has 0 bridgehead atoms. The van der Waals surface area contributed by atoms with E-state index in [1.165, 1.54) is 20.2 Å². The Morgan fingerprint density at radius 2 is 1.44 bits per heavy atom. The lowest BCUT2D eigenvalue weighted by Gasteiger charge is -2.29. The summed E-state index contributed by atoms with van der Waals surface area (Å²) < 4.78 is 22.2. The van der Waals surface area contributed by atoms with Gasteiger partial charge in [0.25, 0.3) is 0 Å². The van der Waals surface area contributed by atoms with Crippen LogP contribution in [0.1, 0.15) is 76.1 Å². The first-order valence-corrected chi connectivity index (χ1v) is 18.4. The molecule has 1 saturated carbocycles. The summed E-state index contributed by atoms with van der Waals surface area (Å²) in [5, 5.41) is 2.84. The number of unbranched alkanes of at least 4 members (excludes halogenated alkanes) is 2. The molecule has 1 aromatic heterocycles. The number of carbonyl (C=O) groups excluding carboxylic acids is 7. The number of pyridine rings is 1. The van der Waals surface area contributed by atoms with Gasteiger partial charge in [0.05, 0.1) is 42.4 Å². The fourth-order valence-electron chi connectivity index (χ4n) is 6.15. The second-order valence-electron chi connectivity index (χ2n) is 13.9. The average Bonchev–Trinajstić information content (AvgIpc) is 3.19. The number of benzene rings is 2. The largest absolute Gasteiger partial charge is 0.491 e. The molecule has 0 saturated heterocycles. The summed E-state index contributed by atoms with van der Waals surface area (Å²) in [5.41, 5.74) is 1.89. The van der Waals surface area contributed by atoms with Crippen molar-refractivity contribution in [1.82, 2.24) is 4.98 Å². The third-order valence-electron chi connectivity index (χ3n) is 9.31. The van der Waals surface area contributed by atoms with E-state index in [4.69, 9.17) is 18.9 Å². The van der Waals surface area contributed by atoms with E-state index < -0.39 is 71.4 Å². The molecule has 13 nitrogen and oxygen atoms in total. The van der Waals surface area contributed by atoms with Crippen molar-refractivity contribution in [3.63, 3.8) is 0 Å². The number of hydrogen-bond acceptors (Lipinski definition) is 13. The molecule has 0 spiro atoms. The van der Waals surface area contributed by atoms with E-state index >= 15 is 0 Å². The van der Waals surface area contributed by atoms with E-state index in [1.54, 1.807) is 51.1 Å².